The Bertz CT molecular complexity index is 525. The highest BCUT2D eigenvalue weighted by atomic mass is 16.1. The number of rotatable bonds is 4. The van der Waals surface area contributed by atoms with E-state index in [-0.39, 0.29) is 12.5 Å². The number of nitrogens with one attached hydrogen (secondary N) is 2. The third-order valence-corrected chi connectivity index (χ3v) is 4.04. The second-order valence-electron chi connectivity index (χ2n) is 5.72. The van der Waals surface area contributed by atoms with Crippen molar-refractivity contribution in [3.63, 3.8) is 0 Å². The standard InChI is InChI=1S/C17H23N3O/c1-13-7-6-10-16(15(13)11-18)19-12-17(21)20-14-8-4-2-3-5-9-14/h6-7,10,14,19H,2-5,8-9,12H2,1H3,(H,20,21). The Morgan fingerprint density at radius 2 is 2.00 bits per heavy atom. The van der Waals surface area contributed by atoms with Gasteiger partial charge in [0.05, 0.1) is 17.8 Å². The van der Waals surface area contributed by atoms with Crippen LogP contribution in [0.15, 0.2) is 18.2 Å². The summed E-state index contributed by atoms with van der Waals surface area (Å²) in [5.41, 5.74) is 2.26. The van der Waals surface area contributed by atoms with E-state index in [1.165, 1.54) is 25.7 Å². The average molecular weight is 285 g/mol. The maximum atomic E-state index is 12.0. The highest BCUT2D eigenvalue weighted by molar-refractivity contribution is 5.81. The fourth-order valence-corrected chi connectivity index (χ4v) is 2.84. The minimum absolute atomic E-state index is 0.00676. The van der Waals surface area contributed by atoms with Gasteiger partial charge in [0.25, 0.3) is 0 Å². The van der Waals surface area contributed by atoms with Gasteiger partial charge >= 0.3 is 0 Å². The van der Waals surface area contributed by atoms with E-state index in [2.05, 4.69) is 16.7 Å². The second kappa shape index (κ2) is 7.68. The fraction of sp³-hybridized carbons (Fsp3) is 0.529. The Labute approximate surface area is 126 Å². The van der Waals surface area contributed by atoms with Crippen molar-refractivity contribution in [2.24, 2.45) is 0 Å². The summed E-state index contributed by atoms with van der Waals surface area (Å²) in [7, 11) is 0. The van der Waals surface area contributed by atoms with Gasteiger partial charge in [-0.2, -0.15) is 5.26 Å². The van der Waals surface area contributed by atoms with Crippen LogP contribution in [0.3, 0.4) is 0 Å². The van der Waals surface area contributed by atoms with Gasteiger partial charge in [-0.15, -0.1) is 0 Å². The van der Waals surface area contributed by atoms with Gasteiger partial charge < -0.3 is 10.6 Å². The number of carbonyl (C=O) groups is 1. The van der Waals surface area contributed by atoms with Crippen LogP contribution in [0.4, 0.5) is 5.69 Å². The molecule has 0 atom stereocenters. The SMILES string of the molecule is Cc1cccc(NCC(=O)NC2CCCCCC2)c1C#N. The normalized spacial score (nSPS) is 15.8. The summed E-state index contributed by atoms with van der Waals surface area (Å²) in [6, 6.07) is 8.12. The van der Waals surface area contributed by atoms with Gasteiger partial charge in [0.2, 0.25) is 5.91 Å². The molecule has 1 aliphatic carbocycles. The number of anilines is 1. The molecule has 4 nitrogen and oxygen atoms in total. The summed E-state index contributed by atoms with van der Waals surface area (Å²) >= 11 is 0. The lowest BCUT2D eigenvalue weighted by Crippen LogP contribution is -2.38. The van der Waals surface area contributed by atoms with Gasteiger partial charge in [-0.05, 0) is 31.4 Å². The first kappa shape index (κ1) is 15.4. The zero-order valence-corrected chi connectivity index (χ0v) is 12.6. The van der Waals surface area contributed by atoms with E-state index >= 15 is 0 Å². The van der Waals surface area contributed by atoms with Crippen molar-refractivity contribution >= 4 is 11.6 Å². The Morgan fingerprint density at radius 3 is 2.67 bits per heavy atom. The molecule has 0 aliphatic heterocycles. The van der Waals surface area contributed by atoms with Gasteiger partial charge in [0.15, 0.2) is 0 Å². The first-order chi connectivity index (χ1) is 10.2. The highest BCUT2D eigenvalue weighted by Crippen LogP contribution is 2.19. The molecule has 1 saturated carbocycles. The van der Waals surface area contributed by atoms with E-state index in [4.69, 9.17) is 5.26 Å². The number of carbonyl (C=O) groups excluding carboxylic acids is 1. The Balaban J connectivity index is 1.86. The average Bonchev–Trinajstić information content (AvgIpc) is 2.74. The Hall–Kier alpha value is -2.02. The number of hydrogen-bond acceptors (Lipinski definition) is 3. The predicted molar refractivity (Wildman–Crippen MR) is 84.0 cm³/mol. The van der Waals surface area contributed by atoms with Gasteiger partial charge in [-0.3, -0.25) is 4.79 Å². The first-order valence-electron chi connectivity index (χ1n) is 7.73. The molecule has 21 heavy (non-hydrogen) atoms. The lowest BCUT2D eigenvalue weighted by Gasteiger charge is -2.17. The van der Waals surface area contributed by atoms with Crippen molar-refractivity contribution < 1.29 is 4.79 Å². The molecule has 0 radical (unpaired) electrons. The number of benzene rings is 1. The summed E-state index contributed by atoms with van der Waals surface area (Å²) in [6.07, 6.45) is 7.13. The van der Waals surface area contributed by atoms with Crippen molar-refractivity contribution in [3.05, 3.63) is 29.3 Å². The maximum Gasteiger partial charge on any atom is 0.239 e. The molecular formula is C17H23N3O. The lowest BCUT2D eigenvalue weighted by molar-refractivity contribution is -0.120. The summed E-state index contributed by atoms with van der Waals surface area (Å²) in [5, 5.41) is 15.3. The Morgan fingerprint density at radius 1 is 1.29 bits per heavy atom. The molecule has 4 heteroatoms. The van der Waals surface area contributed by atoms with Crippen LogP contribution < -0.4 is 10.6 Å². The van der Waals surface area contributed by atoms with Crippen LogP contribution in [0.2, 0.25) is 0 Å². The molecule has 1 amide bonds. The largest absolute Gasteiger partial charge is 0.375 e. The van der Waals surface area contributed by atoms with Crippen molar-refractivity contribution in [1.82, 2.24) is 5.32 Å². The minimum atomic E-state index is 0.00676. The van der Waals surface area contributed by atoms with Crippen LogP contribution >= 0.6 is 0 Å². The quantitative estimate of drug-likeness (QED) is 0.835. The topological polar surface area (TPSA) is 64.9 Å². The highest BCUT2D eigenvalue weighted by Gasteiger charge is 2.14. The fourth-order valence-electron chi connectivity index (χ4n) is 2.84. The van der Waals surface area contributed by atoms with Crippen molar-refractivity contribution in [2.75, 3.05) is 11.9 Å². The molecule has 1 aliphatic rings. The van der Waals surface area contributed by atoms with E-state index in [0.717, 1.165) is 24.1 Å². The molecule has 0 bridgehead atoms. The molecule has 0 aromatic heterocycles. The van der Waals surface area contributed by atoms with Crippen molar-refractivity contribution in [1.29, 1.82) is 5.26 Å². The smallest absolute Gasteiger partial charge is 0.239 e. The van der Waals surface area contributed by atoms with Crippen LogP contribution in [0, 0.1) is 18.3 Å². The molecule has 1 fully saturated rings. The van der Waals surface area contributed by atoms with Gasteiger partial charge in [-0.25, -0.2) is 0 Å². The van der Waals surface area contributed by atoms with Crippen LogP contribution in [0.5, 0.6) is 0 Å². The number of amides is 1. The number of hydrogen-bond donors (Lipinski definition) is 2. The van der Waals surface area contributed by atoms with Gasteiger partial charge in [0.1, 0.15) is 6.07 Å². The maximum absolute atomic E-state index is 12.0. The van der Waals surface area contributed by atoms with Crippen LogP contribution in [-0.4, -0.2) is 18.5 Å². The van der Waals surface area contributed by atoms with E-state index < -0.39 is 0 Å². The zero-order chi connectivity index (χ0) is 15.1. The van der Waals surface area contributed by atoms with Crippen LogP contribution in [0.25, 0.3) is 0 Å². The summed E-state index contributed by atoms with van der Waals surface area (Å²) in [6.45, 7) is 2.12. The van der Waals surface area contributed by atoms with E-state index in [1.807, 2.05) is 25.1 Å². The van der Waals surface area contributed by atoms with Gasteiger partial charge in [0, 0.05) is 6.04 Å². The number of aryl methyl sites for hydroxylation is 1. The van der Waals surface area contributed by atoms with Gasteiger partial charge in [-0.1, -0.05) is 37.8 Å². The van der Waals surface area contributed by atoms with Crippen molar-refractivity contribution in [3.8, 4) is 6.07 Å². The summed E-state index contributed by atoms with van der Waals surface area (Å²) < 4.78 is 0. The monoisotopic (exact) mass is 285 g/mol. The molecule has 2 rings (SSSR count). The van der Waals surface area contributed by atoms with E-state index in [0.29, 0.717) is 11.6 Å². The third-order valence-electron chi connectivity index (χ3n) is 4.04. The summed E-state index contributed by atoms with van der Waals surface area (Å²) in [5.74, 6) is 0.00676. The molecule has 0 unspecified atom stereocenters. The molecule has 0 heterocycles. The van der Waals surface area contributed by atoms with Crippen molar-refractivity contribution in [2.45, 2.75) is 51.5 Å². The lowest BCUT2D eigenvalue weighted by atomic mass is 10.1. The molecule has 0 saturated heterocycles. The molecule has 1 aromatic rings. The van der Waals surface area contributed by atoms with Crippen LogP contribution in [0.1, 0.15) is 49.7 Å². The first-order valence-corrected chi connectivity index (χ1v) is 7.73. The third kappa shape index (κ3) is 4.49. The molecule has 2 N–H and O–H groups in total. The Kier molecular flexibility index (Phi) is 5.62. The number of nitriles is 1. The zero-order valence-electron chi connectivity index (χ0n) is 12.6. The van der Waals surface area contributed by atoms with E-state index in [1.54, 1.807) is 0 Å². The minimum Gasteiger partial charge on any atom is -0.375 e. The van der Waals surface area contributed by atoms with Crippen LogP contribution in [-0.2, 0) is 4.79 Å². The number of nitrogens with zero attached hydrogens (tertiary/aromatic N) is 1. The molecule has 112 valence electrons. The molecular weight excluding hydrogens is 262 g/mol. The summed E-state index contributed by atoms with van der Waals surface area (Å²) in [4.78, 5) is 12.0. The second-order valence-corrected chi connectivity index (χ2v) is 5.72. The predicted octanol–water partition coefficient (Wildman–Crippen LogP) is 3.12. The van der Waals surface area contributed by atoms with E-state index in [9.17, 15) is 4.79 Å². The molecule has 0 spiro atoms. The molecule has 1 aromatic carbocycles.